The highest BCUT2D eigenvalue weighted by Gasteiger charge is 2.19. The van der Waals surface area contributed by atoms with Crippen LogP contribution in [0.4, 0.5) is 0 Å². The van der Waals surface area contributed by atoms with Crippen LogP contribution in [0.5, 0.6) is 0 Å². The zero-order valence-corrected chi connectivity index (χ0v) is 8.35. The van der Waals surface area contributed by atoms with Crippen molar-refractivity contribution >= 4 is 0 Å². The Morgan fingerprint density at radius 1 is 1.64 bits per heavy atom. The van der Waals surface area contributed by atoms with Crippen molar-refractivity contribution in [3.05, 3.63) is 18.0 Å². The molecule has 0 saturated carbocycles. The molecule has 1 aromatic heterocycles. The van der Waals surface area contributed by atoms with Crippen LogP contribution in [-0.2, 0) is 6.54 Å². The molecule has 1 aromatic rings. The molecule has 2 rings (SSSR count). The van der Waals surface area contributed by atoms with Crippen molar-refractivity contribution in [3.8, 4) is 0 Å². The minimum atomic E-state index is 0.663. The van der Waals surface area contributed by atoms with Gasteiger partial charge in [-0.25, -0.2) is 0 Å². The van der Waals surface area contributed by atoms with Gasteiger partial charge in [-0.05, 0) is 31.8 Å². The number of likely N-dealkylation sites (tertiary alicyclic amines) is 1. The van der Waals surface area contributed by atoms with E-state index in [4.69, 9.17) is 10.3 Å². The molecule has 0 amide bonds. The van der Waals surface area contributed by atoms with Gasteiger partial charge in [-0.3, -0.25) is 4.90 Å². The first-order valence-corrected chi connectivity index (χ1v) is 5.20. The first-order valence-electron chi connectivity index (χ1n) is 5.20. The zero-order chi connectivity index (χ0) is 9.80. The molecule has 2 N–H and O–H groups in total. The molecule has 1 atom stereocenters. The normalized spacial score (nSPS) is 23.9. The first-order chi connectivity index (χ1) is 6.88. The Bertz CT molecular complexity index is 260. The van der Waals surface area contributed by atoms with Gasteiger partial charge in [-0.1, -0.05) is 5.16 Å². The Morgan fingerprint density at radius 2 is 2.57 bits per heavy atom. The second kappa shape index (κ2) is 4.57. The fourth-order valence-electron chi connectivity index (χ4n) is 2.04. The minimum Gasteiger partial charge on any atom is -0.364 e. The molecule has 1 unspecified atom stereocenters. The Kier molecular flexibility index (Phi) is 3.16. The van der Waals surface area contributed by atoms with Gasteiger partial charge in [0.15, 0.2) is 0 Å². The summed E-state index contributed by atoms with van der Waals surface area (Å²) >= 11 is 0. The molecule has 0 bridgehead atoms. The van der Waals surface area contributed by atoms with E-state index in [9.17, 15) is 0 Å². The summed E-state index contributed by atoms with van der Waals surface area (Å²) in [6.45, 7) is 3.95. The second-order valence-corrected chi connectivity index (χ2v) is 3.97. The molecule has 2 heterocycles. The van der Waals surface area contributed by atoms with Crippen LogP contribution in [0.15, 0.2) is 16.9 Å². The number of hydrogen-bond acceptors (Lipinski definition) is 4. The molecule has 1 fully saturated rings. The standard InChI is InChI=1S/C10H17N3O/c11-6-9-2-1-4-13(7-9)8-10-3-5-14-12-10/h3,5,9H,1-2,4,6-8,11H2. The zero-order valence-electron chi connectivity index (χ0n) is 8.35. The highest BCUT2D eigenvalue weighted by Crippen LogP contribution is 2.16. The molecule has 1 saturated heterocycles. The fourth-order valence-corrected chi connectivity index (χ4v) is 2.04. The number of piperidine rings is 1. The number of rotatable bonds is 3. The van der Waals surface area contributed by atoms with Crippen molar-refractivity contribution in [2.45, 2.75) is 19.4 Å². The molecule has 78 valence electrons. The fraction of sp³-hybridized carbons (Fsp3) is 0.700. The predicted octanol–water partition coefficient (Wildman–Crippen LogP) is 0.845. The quantitative estimate of drug-likeness (QED) is 0.776. The Balaban J connectivity index is 1.86. The summed E-state index contributed by atoms with van der Waals surface area (Å²) in [4.78, 5) is 2.40. The van der Waals surface area contributed by atoms with Crippen molar-refractivity contribution < 1.29 is 4.52 Å². The van der Waals surface area contributed by atoms with Gasteiger partial charge in [0.05, 0.1) is 5.69 Å². The smallest absolute Gasteiger partial charge is 0.124 e. The van der Waals surface area contributed by atoms with Crippen LogP contribution in [0.25, 0.3) is 0 Å². The molecule has 4 nitrogen and oxygen atoms in total. The van der Waals surface area contributed by atoms with Crippen LogP contribution in [0.1, 0.15) is 18.5 Å². The summed E-state index contributed by atoms with van der Waals surface area (Å²) in [5.74, 6) is 0.663. The van der Waals surface area contributed by atoms with Crippen LogP contribution >= 0.6 is 0 Å². The lowest BCUT2D eigenvalue weighted by Gasteiger charge is -2.31. The van der Waals surface area contributed by atoms with Crippen LogP contribution in [-0.4, -0.2) is 29.7 Å². The van der Waals surface area contributed by atoms with Gasteiger partial charge < -0.3 is 10.3 Å². The molecular weight excluding hydrogens is 178 g/mol. The third-order valence-electron chi connectivity index (χ3n) is 2.81. The molecule has 0 aromatic carbocycles. The maximum Gasteiger partial charge on any atom is 0.124 e. The van der Waals surface area contributed by atoms with Crippen molar-refractivity contribution in [1.29, 1.82) is 0 Å². The van der Waals surface area contributed by atoms with Crippen molar-refractivity contribution in [2.24, 2.45) is 11.7 Å². The Labute approximate surface area is 84.0 Å². The topological polar surface area (TPSA) is 55.3 Å². The van der Waals surface area contributed by atoms with E-state index in [-0.39, 0.29) is 0 Å². The maximum atomic E-state index is 5.68. The summed E-state index contributed by atoms with van der Waals surface area (Å²) in [6, 6.07) is 1.92. The van der Waals surface area contributed by atoms with Gasteiger partial charge in [0, 0.05) is 19.2 Å². The summed E-state index contributed by atoms with van der Waals surface area (Å²) < 4.78 is 4.81. The average molecular weight is 195 g/mol. The molecule has 0 aliphatic carbocycles. The van der Waals surface area contributed by atoms with E-state index >= 15 is 0 Å². The van der Waals surface area contributed by atoms with Crippen molar-refractivity contribution in [3.63, 3.8) is 0 Å². The molecule has 4 heteroatoms. The molecule has 1 aliphatic rings. The molecule has 14 heavy (non-hydrogen) atoms. The Morgan fingerprint density at radius 3 is 3.29 bits per heavy atom. The van der Waals surface area contributed by atoms with Crippen molar-refractivity contribution in [1.82, 2.24) is 10.1 Å². The molecule has 1 aliphatic heterocycles. The Hall–Kier alpha value is -0.870. The van der Waals surface area contributed by atoms with Crippen LogP contribution < -0.4 is 5.73 Å². The van der Waals surface area contributed by atoms with E-state index in [1.54, 1.807) is 6.26 Å². The maximum absolute atomic E-state index is 5.68. The summed E-state index contributed by atoms with van der Waals surface area (Å²) in [5.41, 5.74) is 6.69. The lowest BCUT2D eigenvalue weighted by Crippen LogP contribution is -2.37. The summed E-state index contributed by atoms with van der Waals surface area (Å²) in [7, 11) is 0. The molecular formula is C10H17N3O. The van der Waals surface area contributed by atoms with Gasteiger partial charge in [0.2, 0.25) is 0 Å². The first kappa shape index (κ1) is 9.68. The van der Waals surface area contributed by atoms with E-state index in [1.807, 2.05) is 6.07 Å². The van der Waals surface area contributed by atoms with Crippen LogP contribution in [0, 0.1) is 5.92 Å². The number of aromatic nitrogens is 1. The van der Waals surface area contributed by atoms with E-state index < -0.39 is 0 Å². The van der Waals surface area contributed by atoms with Crippen molar-refractivity contribution in [2.75, 3.05) is 19.6 Å². The van der Waals surface area contributed by atoms with E-state index in [0.29, 0.717) is 5.92 Å². The highest BCUT2D eigenvalue weighted by atomic mass is 16.5. The van der Waals surface area contributed by atoms with Gasteiger partial charge in [-0.2, -0.15) is 0 Å². The van der Waals surface area contributed by atoms with Crippen LogP contribution in [0.3, 0.4) is 0 Å². The second-order valence-electron chi connectivity index (χ2n) is 3.97. The highest BCUT2D eigenvalue weighted by molar-refractivity contribution is 4.95. The third-order valence-corrected chi connectivity index (χ3v) is 2.81. The third kappa shape index (κ3) is 2.33. The number of nitrogens with two attached hydrogens (primary N) is 1. The van der Waals surface area contributed by atoms with Gasteiger partial charge in [0.25, 0.3) is 0 Å². The lowest BCUT2D eigenvalue weighted by atomic mass is 9.98. The SMILES string of the molecule is NCC1CCCN(Cc2ccon2)C1. The number of hydrogen-bond donors (Lipinski definition) is 1. The summed E-state index contributed by atoms with van der Waals surface area (Å²) in [5, 5.41) is 3.91. The van der Waals surface area contributed by atoms with E-state index in [2.05, 4.69) is 10.1 Å². The van der Waals surface area contributed by atoms with E-state index in [1.165, 1.54) is 12.8 Å². The minimum absolute atomic E-state index is 0.663. The predicted molar refractivity (Wildman–Crippen MR) is 53.6 cm³/mol. The lowest BCUT2D eigenvalue weighted by molar-refractivity contribution is 0.167. The summed E-state index contributed by atoms with van der Waals surface area (Å²) in [6.07, 6.45) is 4.14. The van der Waals surface area contributed by atoms with Gasteiger partial charge in [-0.15, -0.1) is 0 Å². The molecule has 0 radical (unpaired) electrons. The molecule has 0 spiro atoms. The monoisotopic (exact) mass is 195 g/mol. The largest absolute Gasteiger partial charge is 0.364 e. The van der Waals surface area contributed by atoms with E-state index in [0.717, 1.165) is 31.9 Å². The van der Waals surface area contributed by atoms with Crippen LogP contribution in [0.2, 0.25) is 0 Å². The van der Waals surface area contributed by atoms with Gasteiger partial charge >= 0.3 is 0 Å². The average Bonchev–Trinajstić information content (AvgIpc) is 2.71. The van der Waals surface area contributed by atoms with Gasteiger partial charge in [0.1, 0.15) is 6.26 Å². The number of nitrogens with zero attached hydrogens (tertiary/aromatic N) is 2.